The Morgan fingerprint density at radius 2 is 2.04 bits per heavy atom. The molecule has 2 amide bonds. The van der Waals surface area contributed by atoms with E-state index in [-0.39, 0.29) is 6.03 Å². The van der Waals surface area contributed by atoms with E-state index < -0.39 is 11.6 Å². The van der Waals surface area contributed by atoms with Crippen LogP contribution in [0.15, 0.2) is 30.6 Å². The molecule has 0 unspecified atom stereocenters. The fourth-order valence-electron chi connectivity index (χ4n) is 3.54. The maximum absolute atomic E-state index is 13.7. The Bertz CT molecular complexity index is 769. The Morgan fingerprint density at radius 3 is 2.70 bits per heavy atom. The number of urea groups is 1. The number of aromatic nitrogens is 2. The lowest BCUT2D eigenvalue weighted by Gasteiger charge is -2.32. The smallest absolute Gasteiger partial charge is 0.317 e. The summed E-state index contributed by atoms with van der Waals surface area (Å²) in [4.78, 5) is 14.1. The molecule has 1 aromatic heterocycles. The molecule has 0 radical (unpaired) electrons. The minimum Gasteiger partial charge on any atom is -0.338 e. The SMILES string of the molecule is Cn1cc(CCNC(=O)N2CCC(CCc3ccc(F)cc3F)CC2)cn1. The molecule has 1 fully saturated rings. The van der Waals surface area contributed by atoms with Crippen LogP contribution in [0.2, 0.25) is 0 Å². The van der Waals surface area contributed by atoms with Crippen molar-refractivity contribution in [2.45, 2.75) is 32.1 Å². The highest BCUT2D eigenvalue weighted by atomic mass is 19.1. The number of nitrogens with zero attached hydrogens (tertiary/aromatic N) is 3. The number of aryl methyl sites for hydroxylation is 2. The molecule has 0 aliphatic carbocycles. The summed E-state index contributed by atoms with van der Waals surface area (Å²) in [5.74, 6) is -0.548. The Morgan fingerprint density at radius 1 is 1.26 bits per heavy atom. The predicted molar refractivity (Wildman–Crippen MR) is 99.3 cm³/mol. The first-order valence-corrected chi connectivity index (χ1v) is 9.45. The average Bonchev–Trinajstić information content (AvgIpc) is 3.06. The number of nitrogens with one attached hydrogen (secondary N) is 1. The van der Waals surface area contributed by atoms with Gasteiger partial charge in [-0.25, -0.2) is 13.6 Å². The summed E-state index contributed by atoms with van der Waals surface area (Å²) in [6.07, 6.45) is 7.81. The van der Waals surface area contributed by atoms with Crippen LogP contribution in [0.3, 0.4) is 0 Å². The number of halogens is 2. The van der Waals surface area contributed by atoms with E-state index in [0.29, 0.717) is 24.4 Å². The van der Waals surface area contributed by atoms with Gasteiger partial charge in [-0.2, -0.15) is 5.10 Å². The fraction of sp³-hybridized carbons (Fsp3) is 0.500. The van der Waals surface area contributed by atoms with Crippen molar-refractivity contribution >= 4 is 6.03 Å². The third kappa shape index (κ3) is 5.52. The number of hydrogen-bond donors (Lipinski definition) is 1. The van der Waals surface area contributed by atoms with E-state index in [1.807, 2.05) is 24.3 Å². The van der Waals surface area contributed by atoms with Gasteiger partial charge < -0.3 is 10.2 Å². The predicted octanol–water partition coefficient (Wildman–Crippen LogP) is 3.30. The van der Waals surface area contributed by atoms with E-state index in [9.17, 15) is 13.6 Å². The van der Waals surface area contributed by atoms with E-state index in [1.54, 1.807) is 4.68 Å². The summed E-state index contributed by atoms with van der Waals surface area (Å²) in [6.45, 7) is 2.03. The summed E-state index contributed by atoms with van der Waals surface area (Å²) in [5, 5.41) is 7.07. The van der Waals surface area contributed by atoms with E-state index in [1.165, 1.54) is 12.1 Å². The number of benzene rings is 1. The van der Waals surface area contributed by atoms with Crippen LogP contribution in [0.25, 0.3) is 0 Å². The topological polar surface area (TPSA) is 50.2 Å². The molecule has 0 atom stereocenters. The number of rotatable bonds is 6. The largest absolute Gasteiger partial charge is 0.338 e. The van der Waals surface area contributed by atoms with E-state index >= 15 is 0 Å². The van der Waals surface area contributed by atoms with Crippen molar-refractivity contribution in [1.82, 2.24) is 20.0 Å². The number of carbonyl (C=O) groups excluding carboxylic acids is 1. The maximum Gasteiger partial charge on any atom is 0.317 e. The van der Waals surface area contributed by atoms with Crippen LogP contribution in [0.4, 0.5) is 13.6 Å². The van der Waals surface area contributed by atoms with E-state index in [4.69, 9.17) is 0 Å². The first-order chi connectivity index (χ1) is 13.0. The molecule has 2 heterocycles. The lowest BCUT2D eigenvalue weighted by Crippen LogP contribution is -2.45. The molecule has 7 heteroatoms. The number of hydrogen-bond acceptors (Lipinski definition) is 2. The highest BCUT2D eigenvalue weighted by Crippen LogP contribution is 2.23. The number of carbonyl (C=O) groups is 1. The van der Waals surface area contributed by atoms with Crippen molar-refractivity contribution in [1.29, 1.82) is 0 Å². The molecule has 1 aromatic carbocycles. The van der Waals surface area contributed by atoms with Gasteiger partial charge in [0, 0.05) is 38.9 Å². The Hall–Kier alpha value is -2.44. The third-order valence-electron chi connectivity index (χ3n) is 5.19. The minimum atomic E-state index is -0.543. The van der Waals surface area contributed by atoms with Gasteiger partial charge >= 0.3 is 6.03 Å². The summed E-state index contributed by atoms with van der Waals surface area (Å²) < 4.78 is 28.4. The molecule has 1 aliphatic rings. The van der Waals surface area contributed by atoms with Crippen LogP contribution in [0, 0.1) is 17.6 Å². The fourth-order valence-corrected chi connectivity index (χ4v) is 3.54. The van der Waals surface area contributed by atoms with Gasteiger partial charge in [0.1, 0.15) is 11.6 Å². The van der Waals surface area contributed by atoms with Gasteiger partial charge in [-0.1, -0.05) is 6.07 Å². The van der Waals surface area contributed by atoms with Crippen LogP contribution in [0.5, 0.6) is 0 Å². The molecule has 3 rings (SSSR count). The Labute approximate surface area is 158 Å². The highest BCUT2D eigenvalue weighted by Gasteiger charge is 2.22. The number of piperidine rings is 1. The standard InChI is InChI=1S/C20H26F2N4O/c1-25-14-16(13-24-25)6-9-23-20(27)26-10-7-15(8-11-26)2-3-17-4-5-18(21)12-19(17)22/h4-5,12-15H,2-3,6-11H2,1H3,(H,23,27). The normalized spacial score (nSPS) is 15.1. The second-order valence-electron chi connectivity index (χ2n) is 7.21. The van der Waals surface area contributed by atoms with Gasteiger partial charge in [0.2, 0.25) is 0 Å². The van der Waals surface area contributed by atoms with Crippen LogP contribution in [-0.2, 0) is 19.9 Å². The molecule has 5 nitrogen and oxygen atoms in total. The first kappa shape index (κ1) is 19.3. The molecule has 0 bridgehead atoms. The van der Waals surface area contributed by atoms with Gasteiger partial charge in [0.15, 0.2) is 0 Å². The molecule has 0 spiro atoms. The molecule has 27 heavy (non-hydrogen) atoms. The van der Waals surface area contributed by atoms with Crippen LogP contribution in [-0.4, -0.2) is 40.3 Å². The summed E-state index contributed by atoms with van der Waals surface area (Å²) in [7, 11) is 1.87. The van der Waals surface area contributed by atoms with Gasteiger partial charge in [-0.15, -0.1) is 0 Å². The molecule has 1 N–H and O–H groups in total. The van der Waals surface area contributed by atoms with Crippen molar-refractivity contribution in [3.8, 4) is 0 Å². The lowest BCUT2D eigenvalue weighted by atomic mass is 9.90. The summed E-state index contributed by atoms with van der Waals surface area (Å²) in [6, 6.07) is 3.74. The number of likely N-dealkylation sites (tertiary alicyclic amines) is 1. The van der Waals surface area contributed by atoms with Crippen molar-refractivity contribution in [3.63, 3.8) is 0 Å². The van der Waals surface area contributed by atoms with Crippen LogP contribution >= 0.6 is 0 Å². The zero-order valence-electron chi connectivity index (χ0n) is 15.6. The quantitative estimate of drug-likeness (QED) is 0.841. The molecule has 146 valence electrons. The van der Waals surface area contributed by atoms with Crippen molar-refractivity contribution < 1.29 is 13.6 Å². The van der Waals surface area contributed by atoms with Gasteiger partial charge in [0.05, 0.1) is 6.20 Å². The van der Waals surface area contributed by atoms with Gasteiger partial charge in [0.25, 0.3) is 0 Å². The van der Waals surface area contributed by atoms with Gasteiger partial charge in [-0.3, -0.25) is 4.68 Å². The molecular weight excluding hydrogens is 350 g/mol. The molecule has 0 saturated carbocycles. The summed E-state index contributed by atoms with van der Waals surface area (Å²) >= 11 is 0. The second-order valence-corrected chi connectivity index (χ2v) is 7.21. The summed E-state index contributed by atoms with van der Waals surface area (Å²) in [5.41, 5.74) is 1.66. The zero-order chi connectivity index (χ0) is 19.2. The van der Waals surface area contributed by atoms with E-state index in [2.05, 4.69) is 10.4 Å². The Kier molecular flexibility index (Phi) is 6.42. The minimum absolute atomic E-state index is 0.0260. The molecule has 2 aromatic rings. The molecule has 1 aliphatic heterocycles. The molecule has 1 saturated heterocycles. The van der Waals surface area contributed by atoms with Crippen molar-refractivity contribution in [2.75, 3.05) is 19.6 Å². The van der Waals surface area contributed by atoms with Crippen molar-refractivity contribution in [2.24, 2.45) is 13.0 Å². The third-order valence-corrected chi connectivity index (χ3v) is 5.19. The monoisotopic (exact) mass is 376 g/mol. The van der Waals surface area contributed by atoms with Crippen LogP contribution < -0.4 is 5.32 Å². The zero-order valence-corrected chi connectivity index (χ0v) is 15.6. The van der Waals surface area contributed by atoms with Gasteiger partial charge in [-0.05, 0) is 55.2 Å². The average molecular weight is 376 g/mol. The van der Waals surface area contributed by atoms with E-state index in [0.717, 1.165) is 50.4 Å². The molecular formula is C20H26F2N4O. The lowest BCUT2D eigenvalue weighted by molar-refractivity contribution is 0.168. The van der Waals surface area contributed by atoms with Crippen molar-refractivity contribution in [3.05, 3.63) is 53.4 Å². The second kappa shape index (κ2) is 8.97. The Balaban J connectivity index is 1.36. The van der Waals surface area contributed by atoms with Crippen LogP contribution in [0.1, 0.15) is 30.4 Å². The first-order valence-electron chi connectivity index (χ1n) is 9.45. The maximum atomic E-state index is 13.7. The highest BCUT2D eigenvalue weighted by molar-refractivity contribution is 5.74. The number of amides is 2.